The van der Waals surface area contributed by atoms with Crippen molar-refractivity contribution in [1.82, 2.24) is 0 Å². The van der Waals surface area contributed by atoms with E-state index in [9.17, 15) is 9.18 Å². The van der Waals surface area contributed by atoms with Gasteiger partial charge in [0.1, 0.15) is 0 Å². The highest BCUT2D eigenvalue weighted by Crippen LogP contribution is 2.42. The van der Waals surface area contributed by atoms with Crippen molar-refractivity contribution in [2.24, 2.45) is 23.5 Å². The van der Waals surface area contributed by atoms with Crippen LogP contribution < -0.4 is 5.73 Å². The molecule has 1 aliphatic rings. The molecule has 2 N–H and O–H groups in total. The van der Waals surface area contributed by atoms with E-state index in [0.717, 1.165) is 19.3 Å². The lowest BCUT2D eigenvalue weighted by atomic mass is 9.70. The second kappa shape index (κ2) is 7.88. The molecule has 1 saturated carbocycles. The zero-order valence-electron chi connectivity index (χ0n) is 12.6. The normalized spacial score (nSPS) is 33.3. The predicted octanol–water partition coefficient (Wildman–Crippen LogP) is 3.73. The summed E-state index contributed by atoms with van der Waals surface area (Å²) in [6.07, 6.45) is 4.18. The summed E-state index contributed by atoms with van der Waals surface area (Å²) in [4.78, 5) is 11.4. The topological polar surface area (TPSA) is 43.1 Å². The van der Waals surface area contributed by atoms with Crippen LogP contribution in [0, 0.1) is 17.8 Å². The maximum Gasteiger partial charge on any atom is 0.169 e. The van der Waals surface area contributed by atoms with Crippen LogP contribution >= 0.6 is 0 Å². The molecular weight excluding hydrogens is 229 g/mol. The number of hydrogen-bond donors (Lipinski definition) is 1. The molecule has 2 nitrogen and oxygen atoms in total. The number of rotatable bonds is 4. The largest absolute Gasteiger partial charge is 0.333 e. The summed E-state index contributed by atoms with van der Waals surface area (Å²) >= 11 is 0. The number of carbonyl (C=O) groups excluding carboxylic acids is 1. The Labute approximate surface area is 112 Å². The van der Waals surface area contributed by atoms with E-state index in [4.69, 9.17) is 0 Å². The summed E-state index contributed by atoms with van der Waals surface area (Å²) in [7, 11) is 1.50. The molecule has 0 radical (unpaired) electrons. The Hall–Kier alpha value is -0.440. The van der Waals surface area contributed by atoms with Crippen molar-refractivity contribution >= 4 is 5.78 Å². The average molecular weight is 259 g/mol. The van der Waals surface area contributed by atoms with Crippen molar-refractivity contribution < 1.29 is 9.18 Å². The fourth-order valence-electron chi connectivity index (χ4n) is 3.03. The summed E-state index contributed by atoms with van der Waals surface area (Å²) in [5, 5.41) is 0. The van der Waals surface area contributed by atoms with Gasteiger partial charge in [-0.25, -0.2) is 4.39 Å². The predicted molar refractivity (Wildman–Crippen MR) is 75.2 cm³/mol. The lowest BCUT2D eigenvalue weighted by Gasteiger charge is -2.37. The smallest absolute Gasteiger partial charge is 0.169 e. The van der Waals surface area contributed by atoms with Crippen LogP contribution in [-0.4, -0.2) is 18.5 Å². The van der Waals surface area contributed by atoms with Crippen LogP contribution in [0.4, 0.5) is 4.39 Å². The van der Waals surface area contributed by atoms with Crippen molar-refractivity contribution in [3.63, 3.8) is 0 Å². The first kappa shape index (κ1) is 17.6. The molecule has 0 heterocycles. The first-order valence-corrected chi connectivity index (χ1v) is 7.15. The molecule has 1 rings (SSSR count). The molecule has 3 heteroatoms. The second-order valence-electron chi connectivity index (χ2n) is 5.89. The van der Waals surface area contributed by atoms with Crippen LogP contribution in [0.25, 0.3) is 0 Å². The quantitative estimate of drug-likeness (QED) is 0.836. The number of Topliss-reactive ketones (excluding diaryl/α,β-unsaturated/α-hetero) is 1. The molecule has 1 aliphatic carbocycles. The van der Waals surface area contributed by atoms with Crippen LogP contribution in [0.1, 0.15) is 59.8 Å². The molecule has 0 amide bonds. The molecule has 4 unspecified atom stereocenters. The fraction of sp³-hybridized carbons (Fsp3) is 0.933. The van der Waals surface area contributed by atoms with Gasteiger partial charge < -0.3 is 5.73 Å². The minimum Gasteiger partial charge on any atom is -0.333 e. The van der Waals surface area contributed by atoms with Gasteiger partial charge in [-0.3, -0.25) is 4.79 Å². The van der Waals surface area contributed by atoms with E-state index < -0.39 is 5.67 Å². The summed E-state index contributed by atoms with van der Waals surface area (Å²) in [5.74, 6) is 1.11. The van der Waals surface area contributed by atoms with Crippen molar-refractivity contribution in [2.45, 2.75) is 65.5 Å². The Morgan fingerprint density at radius 1 is 1.44 bits per heavy atom. The third-order valence-electron chi connectivity index (χ3n) is 4.08. The van der Waals surface area contributed by atoms with E-state index in [-0.39, 0.29) is 5.78 Å². The van der Waals surface area contributed by atoms with Crippen LogP contribution in [0.5, 0.6) is 0 Å². The van der Waals surface area contributed by atoms with E-state index in [1.807, 2.05) is 0 Å². The van der Waals surface area contributed by atoms with Crippen LogP contribution in [0.3, 0.4) is 0 Å². The fourth-order valence-corrected chi connectivity index (χ4v) is 3.03. The lowest BCUT2D eigenvalue weighted by molar-refractivity contribution is -0.133. The second-order valence-corrected chi connectivity index (χ2v) is 5.89. The molecule has 0 aliphatic heterocycles. The maximum absolute atomic E-state index is 14.4. The monoisotopic (exact) mass is 259 g/mol. The number of halogens is 1. The highest BCUT2D eigenvalue weighted by atomic mass is 19.1. The summed E-state index contributed by atoms with van der Waals surface area (Å²) in [5.41, 5.74) is 2.97. The van der Waals surface area contributed by atoms with Gasteiger partial charge in [0.2, 0.25) is 0 Å². The number of nitrogens with two attached hydrogens (primary N) is 1. The van der Waals surface area contributed by atoms with Gasteiger partial charge in [-0.2, -0.15) is 0 Å². The van der Waals surface area contributed by atoms with Crippen LogP contribution in [0.2, 0.25) is 0 Å². The molecule has 0 saturated heterocycles. The highest BCUT2D eigenvalue weighted by molar-refractivity contribution is 5.84. The van der Waals surface area contributed by atoms with Gasteiger partial charge in [0, 0.05) is 0 Å². The zero-order valence-corrected chi connectivity index (χ0v) is 12.6. The molecule has 18 heavy (non-hydrogen) atoms. The average Bonchev–Trinajstić information content (AvgIpc) is 2.30. The third-order valence-corrected chi connectivity index (χ3v) is 4.08. The first-order chi connectivity index (χ1) is 8.37. The number of ketones is 1. The van der Waals surface area contributed by atoms with Gasteiger partial charge >= 0.3 is 0 Å². The Morgan fingerprint density at radius 3 is 2.44 bits per heavy atom. The minimum absolute atomic E-state index is 0.270. The Balaban J connectivity index is 0.00000137. The van der Waals surface area contributed by atoms with Crippen molar-refractivity contribution in [2.75, 3.05) is 7.05 Å². The minimum atomic E-state index is -1.53. The van der Waals surface area contributed by atoms with Crippen molar-refractivity contribution in [1.29, 1.82) is 0 Å². The van der Waals surface area contributed by atoms with E-state index in [1.165, 1.54) is 14.0 Å². The highest BCUT2D eigenvalue weighted by Gasteiger charge is 2.43. The van der Waals surface area contributed by atoms with Gasteiger partial charge in [0.15, 0.2) is 11.5 Å². The van der Waals surface area contributed by atoms with E-state index >= 15 is 0 Å². The van der Waals surface area contributed by atoms with Gasteiger partial charge in [-0.1, -0.05) is 27.2 Å². The van der Waals surface area contributed by atoms with E-state index in [1.54, 1.807) is 0 Å². The van der Waals surface area contributed by atoms with Crippen molar-refractivity contribution in [3.8, 4) is 0 Å². The van der Waals surface area contributed by atoms with Crippen molar-refractivity contribution in [3.05, 3.63) is 0 Å². The Morgan fingerprint density at radius 2 is 2.00 bits per heavy atom. The first-order valence-electron chi connectivity index (χ1n) is 7.15. The standard InChI is InChI=1S/C14H25FO.CH5N/c1-5-10(2)6-13-7-11(3)8-14(15,9-13)12(4)16;1-2/h10-11,13H,5-9H2,1-4H3;2H2,1H3. The van der Waals surface area contributed by atoms with Gasteiger partial charge in [0.05, 0.1) is 0 Å². The molecule has 0 bridgehead atoms. The van der Waals surface area contributed by atoms with E-state index in [0.29, 0.717) is 30.6 Å². The number of carbonyl (C=O) groups is 1. The Kier molecular flexibility index (Phi) is 7.69. The third kappa shape index (κ3) is 5.05. The molecule has 1 fully saturated rings. The number of alkyl halides is 1. The molecule has 4 atom stereocenters. The SMILES string of the molecule is CCC(C)CC1CC(C)CC(F)(C(C)=O)C1.CN. The molecule has 108 valence electrons. The van der Waals surface area contributed by atoms with Gasteiger partial charge in [0.25, 0.3) is 0 Å². The van der Waals surface area contributed by atoms with Gasteiger partial charge in [-0.05, 0) is 57.4 Å². The summed E-state index contributed by atoms with van der Waals surface area (Å²) in [6.45, 7) is 7.86. The molecule has 0 spiro atoms. The zero-order chi connectivity index (χ0) is 14.3. The van der Waals surface area contributed by atoms with Crippen LogP contribution in [0.15, 0.2) is 0 Å². The molecule has 0 aromatic carbocycles. The summed E-state index contributed by atoms with van der Waals surface area (Å²) < 4.78 is 14.4. The number of hydrogen-bond acceptors (Lipinski definition) is 2. The van der Waals surface area contributed by atoms with Gasteiger partial charge in [-0.15, -0.1) is 0 Å². The maximum atomic E-state index is 14.4. The van der Waals surface area contributed by atoms with E-state index in [2.05, 4.69) is 26.5 Å². The summed E-state index contributed by atoms with van der Waals surface area (Å²) in [6, 6.07) is 0. The van der Waals surface area contributed by atoms with Crippen LogP contribution in [-0.2, 0) is 4.79 Å². The molecule has 0 aromatic rings. The molecular formula is C15H30FNO. The molecule has 0 aromatic heterocycles. The lowest BCUT2D eigenvalue weighted by Crippen LogP contribution is -2.40. The Bertz CT molecular complexity index is 257.